The van der Waals surface area contributed by atoms with E-state index in [9.17, 15) is 0 Å². The lowest BCUT2D eigenvalue weighted by Crippen LogP contribution is -2.06. The Hall–Kier alpha value is -9.19. The van der Waals surface area contributed by atoms with Gasteiger partial charge in [0.25, 0.3) is 0 Å². The van der Waals surface area contributed by atoms with Crippen LogP contribution in [0.25, 0.3) is 133 Å². The maximum atomic E-state index is 5.26. The van der Waals surface area contributed by atoms with E-state index in [1.165, 1.54) is 54.6 Å². The average Bonchev–Trinajstić information content (AvgIpc) is 3.94. The lowest BCUT2D eigenvalue weighted by atomic mass is 9.90. The number of para-hydroxylation sites is 2. The van der Waals surface area contributed by atoms with Crippen molar-refractivity contribution in [3.63, 3.8) is 0 Å². The van der Waals surface area contributed by atoms with Crippen LogP contribution < -0.4 is 0 Å². The van der Waals surface area contributed by atoms with Gasteiger partial charge in [0, 0.05) is 38.4 Å². The first-order valence-corrected chi connectivity index (χ1v) is 23.1. The molecule has 0 aliphatic carbocycles. The molecular formula is C63H39N5. The van der Waals surface area contributed by atoms with Gasteiger partial charge in [-0.2, -0.15) is 9.97 Å². The van der Waals surface area contributed by atoms with Gasteiger partial charge >= 0.3 is 0 Å². The van der Waals surface area contributed by atoms with Crippen LogP contribution in [-0.2, 0) is 0 Å². The first-order chi connectivity index (χ1) is 33.7. The largest absolute Gasteiger partial charge is 0.309 e. The van der Waals surface area contributed by atoms with Gasteiger partial charge in [0.2, 0.25) is 5.95 Å². The summed E-state index contributed by atoms with van der Waals surface area (Å²) < 4.78 is 4.65. The molecule has 0 N–H and O–H groups in total. The Bertz CT molecular complexity index is 4210. The third-order valence-electron chi connectivity index (χ3n) is 13.8. The molecule has 14 aromatic rings. The van der Waals surface area contributed by atoms with Crippen molar-refractivity contribution in [2.45, 2.75) is 0 Å². The number of fused-ring (bicyclic) bond motifs is 13. The second-order valence-corrected chi connectivity index (χ2v) is 17.6. The van der Waals surface area contributed by atoms with Gasteiger partial charge in [-0.15, -0.1) is 0 Å². The van der Waals surface area contributed by atoms with Crippen LogP contribution >= 0.6 is 0 Å². The Morgan fingerprint density at radius 1 is 0.250 bits per heavy atom. The minimum atomic E-state index is 0.575. The fourth-order valence-electron chi connectivity index (χ4n) is 10.6. The molecule has 0 unspecified atom stereocenters. The predicted octanol–water partition coefficient (Wildman–Crippen LogP) is 16.2. The van der Waals surface area contributed by atoms with Crippen LogP contribution in [-0.4, -0.2) is 24.1 Å². The van der Waals surface area contributed by atoms with Crippen LogP contribution in [0.2, 0.25) is 0 Å². The SMILES string of the molecule is c1ccc(-c2ccc3c4ccc(-c5ccc(-n6c7ccccc7c7c6ccc6c8ccccc8n(-c8nc(-c9ccccc9)nc(-c9ccccc9)n8)c67)cc5)cc4c4ccccc4c3c2)cc1. The highest BCUT2D eigenvalue weighted by Crippen LogP contribution is 2.43. The third-order valence-corrected chi connectivity index (χ3v) is 13.8. The van der Waals surface area contributed by atoms with E-state index in [-0.39, 0.29) is 0 Å². The number of rotatable bonds is 6. The Morgan fingerprint density at radius 2 is 0.676 bits per heavy atom. The minimum absolute atomic E-state index is 0.575. The topological polar surface area (TPSA) is 48.5 Å². The molecule has 0 amide bonds. The van der Waals surface area contributed by atoms with Crippen molar-refractivity contribution in [3.05, 3.63) is 237 Å². The molecule has 0 aliphatic heterocycles. The van der Waals surface area contributed by atoms with E-state index < -0.39 is 0 Å². The van der Waals surface area contributed by atoms with Crippen LogP contribution in [0, 0.1) is 0 Å². The summed E-state index contributed by atoms with van der Waals surface area (Å²) >= 11 is 0. The van der Waals surface area contributed by atoms with Crippen LogP contribution in [0.4, 0.5) is 0 Å². The molecule has 5 heteroatoms. The van der Waals surface area contributed by atoms with Crippen molar-refractivity contribution in [1.29, 1.82) is 0 Å². The Balaban J connectivity index is 0.939. The Morgan fingerprint density at radius 3 is 1.25 bits per heavy atom. The summed E-state index contributed by atoms with van der Waals surface area (Å²) in [6.07, 6.45) is 0. The van der Waals surface area contributed by atoms with Crippen LogP contribution in [0.15, 0.2) is 237 Å². The zero-order valence-corrected chi connectivity index (χ0v) is 36.8. The van der Waals surface area contributed by atoms with Gasteiger partial charge < -0.3 is 4.57 Å². The fraction of sp³-hybridized carbons (Fsp3) is 0. The lowest BCUT2D eigenvalue weighted by molar-refractivity contribution is 0.955. The van der Waals surface area contributed by atoms with E-state index >= 15 is 0 Å². The van der Waals surface area contributed by atoms with Crippen molar-refractivity contribution >= 4 is 75.9 Å². The van der Waals surface area contributed by atoms with Gasteiger partial charge in [0.1, 0.15) is 0 Å². The highest BCUT2D eigenvalue weighted by Gasteiger charge is 2.23. The molecule has 0 spiro atoms. The fourth-order valence-corrected chi connectivity index (χ4v) is 10.6. The van der Waals surface area contributed by atoms with Crippen LogP contribution in [0.1, 0.15) is 0 Å². The number of benzene rings is 11. The monoisotopic (exact) mass is 865 g/mol. The van der Waals surface area contributed by atoms with E-state index in [4.69, 9.17) is 15.0 Å². The third kappa shape index (κ3) is 5.93. The van der Waals surface area contributed by atoms with Gasteiger partial charge in [-0.3, -0.25) is 4.57 Å². The Kier molecular flexibility index (Phi) is 8.52. The molecule has 0 saturated heterocycles. The summed E-state index contributed by atoms with van der Waals surface area (Å²) in [4.78, 5) is 15.6. The molecule has 14 rings (SSSR count). The second kappa shape index (κ2) is 15.2. The first kappa shape index (κ1) is 38.1. The van der Waals surface area contributed by atoms with Gasteiger partial charge in [-0.05, 0) is 97.0 Å². The average molecular weight is 866 g/mol. The number of aromatic nitrogens is 5. The van der Waals surface area contributed by atoms with Gasteiger partial charge in [0.05, 0.1) is 22.1 Å². The lowest BCUT2D eigenvalue weighted by Gasteiger charge is -2.14. The highest BCUT2D eigenvalue weighted by atomic mass is 15.2. The van der Waals surface area contributed by atoms with Crippen molar-refractivity contribution < 1.29 is 0 Å². The maximum Gasteiger partial charge on any atom is 0.238 e. The minimum Gasteiger partial charge on any atom is -0.309 e. The summed E-state index contributed by atoms with van der Waals surface area (Å²) in [5.74, 6) is 1.83. The smallest absolute Gasteiger partial charge is 0.238 e. The summed E-state index contributed by atoms with van der Waals surface area (Å²) in [6, 6.07) is 84.7. The first-order valence-electron chi connectivity index (χ1n) is 23.1. The van der Waals surface area contributed by atoms with Crippen LogP contribution in [0.5, 0.6) is 0 Å². The van der Waals surface area contributed by atoms with E-state index in [0.717, 1.165) is 60.4 Å². The number of hydrogen-bond donors (Lipinski definition) is 0. The molecule has 5 nitrogen and oxygen atoms in total. The highest BCUT2D eigenvalue weighted by molar-refractivity contribution is 6.27. The van der Waals surface area contributed by atoms with Gasteiger partial charge in [0.15, 0.2) is 11.6 Å². The number of hydrogen-bond acceptors (Lipinski definition) is 3. The summed E-state index contributed by atoms with van der Waals surface area (Å²) in [5, 5.41) is 12.2. The van der Waals surface area contributed by atoms with E-state index in [2.05, 4.69) is 209 Å². The molecular weight excluding hydrogens is 827 g/mol. The summed E-state index contributed by atoms with van der Waals surface area (Å²) in [5.41, 5.74) is 12.1. The second-order valence-electron chi connectivity index (χ2n) is 17.6. The van der Waals surface area contributed by atoms with Gasteiger partial charge in [-0.25, -0.2) is 4.98 Å². The Labute approximate surface area is 391 Å². The standard InChI is InChI=1S/C63H39N5/c1-4-16-40(17-5-1)44-30-34-49-50-35-31-45(39-55(50)48-23-11-10-22-47(48)54(49)38-44)41-28-32-46(33-29-41)67-57-27-15-13-25-53(57)59-58(67)37-36-52-51-24-12-14-26-56(51)68(60(52)59)63-65-61(42-18-6-2-7-19-42)64-62(66-63)43-20-8-3-9-21-43/h1-39H. The van der Waals surface area contributed by atoms with Crippen LogP contribution in [0.3, 0.4) is 0 Å². The molecule has 0 fully saturated rings. The zero-order chi connectivity index (χ0) is 44.7. The van der Waals surface area contributed by atoms with Crippen molar-refractivity contribution in [2.75, 3.05) is 0 Å². The molecule has 3 heterocycles. The quantitative estimate of drug-likeness (QED) is 0.156. The number of nitrogens with zero attached hydrogens (tertiary/aromatic N) is 5. The normalized spacial score (nSPS) is 11.8. The predicted molar refractivity (Wildman–Crippen MR) is 283 cm³/mol. The molecule has 11 aromatic carbocycles. The maximum absolute atomic E-state index is 5.26. The van der Waals surface area contributed by atoms with Gasteiger partial charge in [-0.1, -0.05) is 194 Å². The molecule has 0 radical (unpaired) electrons. The van der Waals surface area contributed by atoms with Crippen molar-refractivity contribution in [2.24, 2.45) is 0 Å². The molecule has 316 valence electrons. The summed E-state index contributed by atoms with van der Waals surface area (Å²) in [7, 11) is 0. The van der Waals surface area contributed by atoms with Crippen molar-refractivity contribution in [1.82, 2.24) is 24.1 Å². The molecule has 0 bridgehead atoms. The molecule has 0 atom stereocenters. The van der Waals surface area contributed by atoms with E-state index in [1.54, 1.807) is 0 Å². The molecule has 0 saturated carbocycles. The molecule has 68 heavy (non-hydrogen) atoms. The van der Waals surface area contributed by atoms with E-state index in [0.29, 0.717) is 17.6 Å². The summed E-state index contributed by atoms with van der Waals surface area (Å²) in [6.45, 7) is 0. The zero-order valence-electron chi connectivity index (χ0n) is 36.8. The van der Waals surface area contributed by atoms with Crippen molar-refractivity contribution in [3.8, 4) is 56.7 Å². The van der Waals surface area contributed by atoms with E-state index in [1.807, 2.05) is 36.4 Å². The molecule has 0 aliphatic rings. The molecule has 3 aromatic heterocycles.